The molecule has 1 aromatic rings. The highest BCUT2D eigenvalue weighted by Crippen LogP contribution is 2.35. The molecule has 0 unspecified atom stereocenters. The lowest BCUT2D eigenvalue weighted by molar-refractivity contribution is -0.240. The molecule has 0 radical (unpaired) electrons. The van der Waals surface area contributed by atoms with Gasteiger partial charge < -0.3 is 5.11 Å². The third kappa shape index (κ3) is 4.47. The molecule has 0 amide bonds. The number of aliphatic hydroxyl groups is 1. The fourth-order valence-corrected chi connectivity index (χ4v) is 1.71. The molecule has 1 aromatic carbocycles. The molecule has 1 N–H and O–H groups in total. The molecule has 0 aliphatic heterocycles. The number of rotatable bonds is 4. The molecular weight excluding hydrogens is 325 g/mol. The van der Waals surface area contributed by atoms with Crippen molar-refractivity contribution < 1.29 is 23.1 Å². The van der Waals surface area contributed by atoms with Crippen LogP contribution in [0.3, 0.4) is 0 Å². The standard InChI is InChI=1S/C13H12BrF3O2/c1-9(18)8-12(19,13(15,16)17)7-6-10-2-4-11(14)5-3-10/h2-7,19H,8H2,1H3/b7-6+/t12-/m1/s1. The maximum atomic E-state index is 12.8. The van der Waals surface area contributed by atoms with Gasteiger partial charge in [0.05, 0.1) is 0 Å². The summed E-state index contributed by atoms with van der Waals surface area (Å²) in [5.74, 6) is -0.736. The zero-order valence-electron chi connectivity index (χ0n) is 10.0. The van der Waals surface area contributed by atoms with Crippen LogP contribution in [0, 0.1) is 0 Å². The molecule has 0 bridgehead atoms. The van der Waals surface area contributed by atoms with Crippen molar-refractivity contribution in [3.8, 4) is 0 Å². The Morgan fingerprint density at radius 1 is 1.32 bits per heavy atom. The zero-order valence-corrected chi connectivity index (χ0v) is 11.6. The van der Waals surface area contributed by atoms with Crippen LogP contribution < -0.4 is 0 Å². The van der Waals surface area contributed by atoms with Crippen LogP contribution in [-0.4, -0.2) is 22.7 Å². The molecule has 0 aliphatic rings. The van der Waals surface area contributed by atoms with E-state index >= 15 is 0 Å². The van der Waals surface area contributed by atoms with Gasteiger partial charge in [0.25, 0.3) is 0 Å². The summed E-state index contributed by atoms with van der Waals surface area (Å²) in [7, 11) is 0. The van der Waals surface area contributed by atoms with Gasteiger partial charge in [0.2, 0.25) is 0 Å². The van der Waals surface area contributed by atoms with Crippen molar-refractivity contribution in [1.82, 2.24) is 0 Å². The molecule has 104 valence electrons. The summed E-state index contributed by atoms with van der Waals surface area (Å²) in [5, 5.41) is 9.59. The number of hydrogen-bond donors (Lipinski definition) is 1. The second-order valence-corrected chi connectivity index (χ2v) is 5.10. The van der Waals surface area contributed by atoms with Gasteiger partial charge in [0.15, 0.2) is 5.60 Å². The van der Waals surface area contributed by atoms with Gasteiger partial charge in [-0.1, -0.05) is 34.1 Å². The van der Waals surface area contributed by atoms with Crippen LogP contribution >= 0.6 is 15.9 Å². The number of alkyl halides is 3. The summed E-state index contributed by atoms with van der Waals surface area (Å²) in [6.45, 7) is 1.00. The van der Waals surface area contributed by atoms with E-state index in [0.717, 1.165) is 17.5 Å². The molecule has 0 heterocycles. The van der Waals surface area contributed by atoms with E-state index in [-0.39, 0.29) is 0 Å². The molecule has 2 nitrogen and oxygen atoms in total. The van der Waals surface area contributed by atoms with Crippen LogP contribution in [0.25, 0.3) is 6.08 Å². The third-order valence-corrected chi connectivity index (χ3v) is 2.96. The predicted molar refractivity (Wildman–Crippen MR) is 69.5 cm³/mol. The van der Waals surface area contributed by atoms with Crippen LogP contribution in [-0.2, 0) is 4.79 Å². The summed E-state index contributed by atoms with van der Waals surface area (Å²) in [6.07, 6.45) is -4.14. The van der Waals surface area contributed by atoms with Gasteiger partial charge in [-0.3, -0.25) is 4.79 Å². The number of ketones is 1. The van der Waals surface area contributed by atoms with Crippen LogP contribution in [0.4, 0.5) is 13.2 Å². The Balaban J connectivity index is 3.01. The van der Waals surface area contributed by atoms with E-state index < -0.39 is 24.0 Å². The van der Waals surface area contributed by atoms with Gasteiger partial charge >= 0.3 is 6.18 Å². The van der Waals surface area contributed by atoms with Crippen molar-refractivity contribution in [2.45, 2.75) is 25.1 Å². The minimum absolute atomic E-state index is 0.495. The molecular formula is C13H12BrF3O2. The van der Waals surface area contributed by atoms with E-state index in [1.807, 2.05) is 0 Å². The highest BCUT2D eigenvalue weighted by Gasteiger charge is 2.52. The largest absolute Gasteiger partial charge is 0.421 e. The van der Waals surface area contributed by atoms with Crippen molar-refractivity contribution in [3.05, 3.63) is 40.4 Å². The lowest BCUT2D eigenvalue weighted by atomic mass is 9.95. The second kappa shape index (κ2) is 5.88. The summed E-state index contributed by atoms with van der Waals surface area (Å²) in [6, 6.07) is 6.50. The quantitative estimate of drug-likeness (QED) is 0.909. The first-order chi connectivity index (χ1) is 8.64. The predicted octanol–water partition coefficient (Wildman–Crippen LogP) is 3.73. The van der Waals surface area contributed by atoms with Gasteiger partial charge in [-0.25, -0.2) is 0 Å². The van der Waals surface area contributed by atoms with Gasteiger partial charge in [-0.2, -0.15) is 13.2 Å². The van der Waals surface area contributed by atoms with Crippen LogP contribution in [0.1, 0.15) is 18.9 Å². The molecule has 0 saturated carbocycles. The molecule has 1 atom stereocenters. The first kappa shape index (κ1) is 15.9. The molecule has 0 spiro atoms. The molecule has 0 fully saturated rings. The first-order valence-corrected chi connectivity index (χ1v) is 6.17. The third-order valence-electron chi connectivity index (χ3n) is 2.43. The highest BCUT2D eigenvalue weighted by atomic mass is 79.9. The van der Waals surface area contributed by atoms with Gasteiger partial charge in [0.1, 0.15) is 5.78 Å². The lowest BCUT2D eigenvalue weighted by Crippen LogP contribution is -2.44. The summed E-state index contributed by atoms with van der Waals surface area (Å²) < 4.78 is 39.1. The number of hydrogen-bond acceptors (Lipinski definition) is 2. The van der Waals surface area contributed by atoms with Crippen molar-refractivity contribution in [2.75, 3.05) is 0 Å². The second-order valence-electron chi connectivity index (χ2n) is 4.19. The summed E-state index contributed by atoms with van der Waals surface area (Å²) in [4.78, 5) is 10.9. The molecule has 6 heteroatoms. The Morgan fingerprint density at radius 3 is 2.26 bits per heavy atom. The van der Waals surface area contributed by atoms with Gasteiger partial charge in [-0.05, 0) is 30.7 Å². The fraction of sp³-hybridized carbons (Fsp3) is 0.308. The SMILES string of the molecule is CC(=O)C[C@](O)(/C=C/c1ccc(Br)cc1)C(F)(F)F. The number of halogens is 4. The normalized spacial score (nSPS) is 15.5. The molecule has 1 rings (SSSR count). The Hall–Kier alpha value is -1.14. The fourth-order valence-electron chi connectivity index (χ4n) is 1.44. The Bertz CT molecular complexity index is 480. The zero-order chi connectivity index (χ0) is 14.7. The monoisotopic (exact) mass is 336 g/mol. The maximum Gasteiger partial charge on any atom is 0.421 e. The van der Waals surface area contributed by atoms with E-state index in [1.165, 1.54) is 0 Å². The lowest BCUT2D eigenvalue weighted by Gasteiger charge is -2.26. The van der Waals surface area contributed by atoms with Crippen molar-refractivity contribution in [2.24, 2.45) is 0 Å². The Morgan fingerprint density at radius 2 is 1.84 bits per heavy atom. The number of carbonyl (C=O) groups is 1. The topological polar surface area (TPSA) is 37.3 Å². The van der Waals surface area contributed by atoms with Crippen LogP contribution in [0.5, 0.6) is 0 Å². The van der Waals surface area contributed by atoms with Crippen LogP contribution in [0.2, 0.25) is 0 Å². The Kier molecular flexibility index (Phi) is 4.92. The minimum atomic E-state index is -4.90. The Labute approximate surface area is 117 Å². The van der Waals surface area contributed by atoms with E-state index in [4.69, 9.17) is 0 Å². The highest BCUT2D eigenvalue weighted by molar-refractivity contribution is 9.10. The molecule has 0 aliphatic carbocycles. The molecule has 0 aromatic heterocycles. The number of benzene rings is 1. The van der Waals surface area contributed by atoms with Crippen molar-refractivity contribution in [3.63, 3.8) is 0 Å². The smallest absolute Gasteiger partial charge is 0.376 e. The van der Waals surface area contributed by atoms with E-state index in [1.54, 1.807) is 24.3 Å². The maximum absolute atomic E-state index is 12.8. The molecule has 19 heavy (non-hydrogen) atoms. The van der Waals surface area contributed by atoms with Gasteiger partial charge in [-0.15, -0.1) is 0 Å². The number of Topliss-reactive ketones (excluding diaryl/α,β-unsaturated/α-hetero) is 1. The van der Waals surface area contributed by atoms with Gasteiger partial charge in [0, 0.05) is 10.9 Å². The minimum Gasteiger partial charge on any atom is -0.376 e. The summed E-state index contributed by atoms with van der Waals surface area (Å²) >= 11 is 3.20. The van der Waals surface area contributed by atoms with E-state index in [2.05, 4.69) is 15.9 Å². The number of carbonyl (C=O) groups excluding carboxylic acids is 1. The molecule has 0 saturated heterocycles. The van der Waals surface area contributed by atoms with Crippen LogP contribution in [0.15, 0.2) is 34.8 Å². The van der Waals surface area contributed by atoms with E-state index in [0.29, 0.717) is 11.6 Å². The van der Waals surface area contributed by atoms with Crippen molar-refractivity contribution >= 4 is 27.8 Å². The average Bonchev–Trinajstić information content (AvgIpc) is 2.26. The van der Waals surface area contributed by atoms with Crippen molar-refractivity contribution in [1.29, 1.82) is 0 Å². The average molecular weight is 337 g/mol. The van der Waals surface area contributed by atoms with E-state index in [9.17, 15) is 23.1 Å². The summed E-state index contributed by atoms with van der Waals surface area (Å²) in [5.41, 5.74) is -2.64. The first-order valence-electron chi connectivity index (χ1n) is 5.37.